The maximum Gasteiger partial charge on any atom is 0.231 e. The van der Waals surface area contributed by atoms with Gasteiger partial charge in [0.15, 0.2) is 0 Å². The first-order chi connectivity index (χ1) is 13.0. The lowest BCUT2D eigenvalue weighted by Gasteiger charge is -2.02. The minimum Gasteiger partial charge on any atom is -0.351 e. The number of carbonyl (C=O) groups is 2. The Morgan fingerprint density at radius 3 is 2.63 bits per heavy atom. The van der Waals surface area contributed by atoms with E-state index in [0.29, 0.717) is 31.1 Å². The monoisotopic (exact) mass is 384 g/mol. The van der Waals surface area contributed by atoms with E-state index in [9.17, 15) is 9.59 Å². The average molecular weight is 384 g/mol. The van der Waals surface area contributed by atoms with Crippen LogP contribution in [-0.4, -0.2) is 22.0 Å². The van der Waals surface area contributed by atoms with E-state index in [-0.39, 0.29) is 11.8 Å². The highest BCUT2D eigenvalue weighted by molar-refractivity contribution is 7.15. The second-order valence-electron chi connectivity index (χ2n) is 5.96. The summed E-state index contributed by atoms with van der Waals surface area (Å²) >= 11 is 1.53. The SMILES string of the molecule is CCC(=O)NCc1ccc(-c2noc(Cc3ccc(NC(C)=O)cc3)n2)s1. The Kier molecular flexibility index (Phi) is 5.97. The highest BCUT2D eigenvalue weighted by atomic mass is 32.1. The van der Waals surface area contributed by atoms with Crippen molar-refractivity contribution in [2.24, 2.45) is 0 Å². The zero-order chi connectivity index (χ0) is 19.2. The van der Waals surface area contributed by atoms with Gasteiger partial charge in [-0.2, -0.15) is 4.98 Å². The van der Waals surface area contributed by atoms with Gasteiger partial charge in [0.2, 0.25) is 23.5 Å². The number of amides is 2. The fourth-order valence-electron chi connectivity index (χ4n) is 2.41. The third kappa shape index (κ3) is 5.24. The number of thiophene rings is 1. The van der Waals surface area contributed by atoms with Crippen LogP contribution >= 0.6 is 11.3 Å². The number of nitrogens with zero attached hydrogens (tertiary/aromatic N) is 2. The van der Waals surface area contributed by atoms with Gasteiger partial charge in [-0.05, 0) is 29.8 Å². The smallest absolute Gasteiger partial charge is 0.231 e. The van der Waals surface area contributed by atoms with Crippen molar-refractivity contribution < 1.29 is 14.1 Å². The van der Waals surface area contributed by atoms with Crippen molar-refractivity contribution in [3.63, 3.8) is 0 Å². The van der Waals surface area contributed by atoms with E-state index in [4.69, 9.17) is 4.52 Å². The molecule has 0 atom stereocenters. The number of carbonyl (C=O) groups excluding carboxylic acids is 2. The van der Waals surface area contributed by atoms with Gasteiger partial charge < -0.3 is 15.2 Å². The Morgan fingerprint density at radius 1 is 1.15 bits per heavy atom. The highest BCUT2D eigenvalue weighted by Gasteiger charge is 2.12. The van der Waals surface area contributed by atoms with E-state index in [2.05, 4.69) is 20.8 Å². The molecule has 2 aromatic heterocycles. The first-order valence-corrected chi connectivity index (χ1v) is 9.40. The number of benzene rings is 1. The van der Waals surface area contributed by atoms with Crippen LogP contribution in [0, 0.1) is 0 Å². The van der Waals surface area contributed by atoms with Crippen LogP contribution in [0.1, 0.15) is 36.6 Å². The topological polar surface area (TPSA) is 97.1 Å². The summed E-state index contributed by atoms with van der Waals surface area (Å²) in [7, 11) is 0. The molecule has 0 radical (unpaired) electrons. The molecule has 0 aliphatic carbocycles. The Labute approximate surface area is 160 Å². The van der Waals surface area contributed by atoms with Gasteiger partial charge >= 0.3 is 0 Å². The minimum atomic E-state index is -0.103. The van der Waals surface area contributed by atoms with Crippen LogP contribution in [0.5, 0.6) is 0 Å². The molecule has 0 aliphatic heterocycles. The van der Waals surface area contributed by atoms with Gasteiger partial charge in [-0.15, -0.1) is 11.3 Å². The molecule has 0 bridgehead atoms. The zero-order valence-electron chi connectivity index (χ0n) is 15.1. The van der Waals surface area contributed by atoms with Crippen molar-refractivity contribution in [2.75, 3.05) is 5.32 Å². The van der Waals surface area contributed by atoms with E-state index in [1.807, 2.05) is 43.3 Å². The average Bonchev–Trinajstić information content (AvgIpc) is 3.30. The Hall–Kier alpha value is -3.00. The number of hydrogen-bond acceptors (Lipinski definition) is 6. The Bertz CT molecular complexity index is 931. The summed E-state index contributed by atoms with van der Waals surface area (Å²) in [5, 5.41) is 9.62. The van der Waals surface area contributed by atoms with Gasteiger partial charge in [0.1, 0.15) is 0 Å². The molecule has 0 spiro atoms. The van der Waals surface area contributed by atoms with Crippen molar-refractivity contribution in [3.05, 3.63) is 52.7 Å². The summed E-state index contributed by atoms with van der Waals surface area (Å²) in [4.78, 5) is 28.8. The predicted molar refractivity (Wildman–Crippen MR) is 103 cm³/mol. The molecule has 2 N–H and O–H groups in total. The Morgan fingerprint density at radius 2 is 1.93 bits per heavy atom. The normalized spacial score (nSPS) is 10.6. The molecule has 27 heavy (non-hydrogen) atoms. The molecule has 1 aromatic carbocycles. The lowest BCUT2D eigenvalue weighted by atomic mass is 10.1. The molecule has 2 amide bonds. The molecule has 140 valence electrons. The number of anilines is 1. The van der Waals surface area contributed by atoms with Gasteiger partial charge in [-0.25, -0.2) is 0 Å². The quantitative estimate of drug-likeness (QED) is 0.651. The number of nitrogens with one attached hydrogen (secondary N) is 2. The molecule has 2 heterocycles. The predicted octanol–water partition coefficient (Wildman–Crippen LogP) is 3.37. The largest absolute Gasteiger partial charge is 0.351 e. The van der Waals surface area contributed by atoms with Crippen molar-refractivity contribution in [2.45, 2.75) is 33.2 Å². The lowest BCUT2D eigenvalue weighted by Crippen LogP contribution is -2.20. The molecule has 8 heteroatoms. The molecule has 7 nitrogen and oxygen atoms in total. The molecule has 0 aliphatic rings. The fourth-order valence-corrected chi connectivity index (χ4v) is 3.29. The summed E-state index contributed by atoms with van der Waals surface area (Å²) in [5.41, 5.74) is 1.76. The van der Waals surface area contributed by atoms with Crippen molar-refractivity contribution in [1.29, 1.82) is 0 Å². The van der Waals surface area contributed by atoms with Gasteiger partial charge in [0.05, 0.1) is 17.8 Å². The minimum absolute atomic E-state index is 0.0244. The number of aromatic nitrogens is 2. The first-order valence-electron chi connectivity index (χ1n) is 8.58. The third-order valence-corrected chi connectivity index (χ3v) is 4.84. The van der Waals surface area contributed by atoms with Crippen LogP contribution in [0.15, 0.2) is 40.9 Å². The molecular weight excluding hydrogens is 364 g/mol. The summed E-state index contributed by atoms with van der Waals surface area (Å²) in [5.74, 6) is 0.981. The van der Waals surface area contributed by atoms with Crippen LogP contribution in [0.3, 0.4) is 0 Å². The van der Waals surface area contributed by atoms with Crippen LogP contribution in [0.4, 0.5) is 5.69 Å². The second kappa shape index (κ2) is 8.59. The van der Waals surface area contributed by atoms with E-state index in [1.165, 1.54) is 18.3 Å². The van der Waals surface area contributed by atoms with Gasteiger partial charge in [-0.3, -0.25) is 9.59 Å². The molecule has 3 rings (SSSR count). The second-order valence-corrected chi connectivity index (χ2v) is 7.13. The number of hydrogen-bond donors (Lipinski definition) is 2. The lowest BCUT2D eigenvalue weighted by molar-refractivity contribution is -0.121. The first kappa shape index (κ1) is 18.8. The van der Waals surface area contributed by atoms with E-state index in [1.54, 1.807) is 0 Å². The standard InChI is InChI=1S/C19H20N4O3S/c1-3-17(25)20-11-15-8-9-16(27-15)19-22-18(26-23-19)10-13-4-6-14(7-5-13)21-12(2)24/h4-9H,3,10-11H2,1-2H3,(H,20,25)(H,21,24). The van der Waals surface area contributed by atoms with Gasteiger partial charge in [-0.1, -0.05) is 24.2 Å². The van der Waals surface area contributed by atoms with Crippen LogP contribution in [0.2, 0.25) is 0 Å². The third-order valence-electron chi connectivity index (χ3n) is 3.76. The van der Waals surface area contributed by atoms with E-state index >= 15 is 0 Å². The van der Waals surface area contributed by atoms with Crippen molar-refractivity contribution in [3.8, 4) is 10.7 Å². The van der Waals surface area contributed by atoms with Crippen molar-refractivity contribution >= 4 is 28.8 Å². The summed E-state index contributed by atoms with van der Waals surface area (Å²) in [6.07, 6.45) is 0.983. The summed E-state index contributed by atoms with van der Waals surface area (Å²) < 4.78 is 5.35. The maximum atomic E-state index is 11.3. The molecule has 0 fully saturated rings. The molecular formula is C19H20N4O3S. The van der Waals surface area contributed by atoms with E-state index < -0.39 is 0 Å². The van der Waals surface area contributed by atoms with Crippen molar-refractivity contribution in [1.82, 2.24) is 15.5 Å². The number of rotatable bonds is 7. The molecule has 0 unspecified atom stereocenters. The summed E-state index contributed by atoms with van der Waals surface area (Å²) in [6, 6.07) is 11.4. The van der Waals surface area contributed by atoms with Crippen LogP contribution in [-0.2, 0) is 22.6 Å². The fraction of sp³-hybridized carbons (Fsp3) is 0.263. The summed E-state index contributed by atoms with van der Waals surface area (Å²) in [6.45, 7) is 3.80. The molecule has 3 aromatic rings. The maximum absolute atomic E-state index is 11.3. The van der Waals surface area contributed by atoms with E-state index in [0.717, 1.165) is 21.0 Å². The van der Waals surface area contributed by atoms with Crippen LogP contribution in [0.25, 0.3) is 10.7 Å². The highest BCUT2D eigenvalue weighted by Crippen LogP contribution is 2.26. The van der Waals surface area contributed by atoms with Crippen LogP contribution < -0.4 is 10.6 Å². The molecule has 0 saturated heterocycles. The molecule has 0 saturated carbocycles. The Balaban J connectivity index is 1.62. The van der Waals surface area contributed by atoms with Gasteiger partial charge in [0.25, 0.3) is 0 Å². The zero-order valence-corrected chi connectivity index (χ0v) is 15.9. The van der Waals surface area contributed by atoms with Gasteiger partial charge in [0, 0.05) is 23.9 Å².